The van der Waals surface area contributed by atoms with Gasteiger partial charge in [-0.1, -0.05) is 39.5 Å². The van der Waals surface area contributed by atoms with Crippen LogP contribution in [-0.4, -0.2) is 19.3 Å². The number of halogens is 3. The third kappa shape index (κ3) is 13.8. The van der Waals surface area contributed by atoms with Crippen LogP contribution in [0.1, 0.15) is 52.4 Å². The molecule has 0 fully saturated rings. The van der Waals surface area contributed by atoms with Crippen LogP contribution in [0.4, 0.5) is 13.2 Å². The van der Waals surface area contributed by atoms with E-state index in [9.17, 15) is 13.2 Å². The van der Waals surface area contributed by atoms with E-state index in [0.29, 0.717) is 6.54 Å². The van der Waals surface area contributed by atoms with Gasteiger partial charge in [0.25, 0.3) is 0 Å². The molecule has 98 valence electrons. The zero-order valence-corrected chi connectivity index (χ0v) is 10.4. The molecule has 0 aromatic carbocycles. The summed E-state index contributed by atoms with van der Waals surface area (Å²) in [4.78, 5) is 0. The first-order valence-electron chi connectivity index (χ1n) is 6.19. The summed E-state index contributed by atoms with van der Waals surface area (Å²) in [5, 5.41) is 2.82. The summed E-state index contributed by atoms with van der Waals surface area (Å²) in [6.07, 6.45) is 1.03. The summed E-state index contributed by atoms with van der Waals surface area (Å²) < 4.78 is 35.3. The number of nitrogens with one attached hydrogen (secondary N) is 1. The van der Waals surface area contributed by atoms with Crippen LogP contribution in [0.25, 0.3) is 0 Å². The molecule has 1 N–H and O–H groups in total. The molecule has 0 radical (unpaired) electrons. The Bertz CT molecular complexity index is 155. The molecule has 16 heavy (non-hydrogen) atoms. The molecule has 0 aliphatic carbocycles. The third-order valence-corrected chi connectivity index (χ3v) is 2.47. The molecule has 0 bridgehead atoms. The van der Waals surface area contributed by atoms with E-state index in [2.05, 4.69) is 19.2 Å². The first-order chi connectivity index (χ1) is 7.42. The van der Waals surface area contributed by atoms with Gasteiger partial charge in [-0.25, -0.2) is 0 Å². The highest BCUT2D eigenvalue weighted by atomic mass is 19.4. The number of hydrogen-bond acceptors (Lipinski definition) is 1. The van der Waals surface area contributed by atoms with Gasteiger partial charge in [0.05, 0.1) is 6.42 Å². The van der Waals surface area contributed by atoms with Crippen LogP contribution in [0, 0.1) is 5.92 Å². The summed E-state index contributed by atoms with van der Waals surface area (Å²) in [5.41, 5.74) is 0. The third-order valence-electron chi connectivity index (χ3n) is 2.47. The summed E-state index contributed by atoms with van der Waals surface area (Å²) in [7, 11) is 0. The highest BCUT2D eigenvalue weighted by Crippen LogP contribution is 2.18. The van der Waals surface area contributed by atoms with Crippen molar-refractivity contribution < 1.29 is 13.2 Å². The van der Waals surface area contributed by atoms with E-state index < -0.39 is 12.6 Å². The van der Waals surface area contributed by atoms with Crippen molar-refractivity contribution in [2.75, 3.05) is 13.1 Å². The van der Waals surface area contributed by atoms with E-state index in [4.69, 9.17) is 0 Å². The van der Waals surface area contributed by atoms with E-state index in [0.717, 1.165) is 18.8 Å². The summed E-state index contributed by atoms with van der Waals surface area (Å²) in [5.74, 6) is 0.755. The minimum atomic E-state index is -4.02. The Morgan fingerprint density at radius 2 is 1.56 bits per heavy atom. The van der Waals surface area contributed by atoms with Crippen LogP contribution in [-0.2, 0) is 0 Å². The molecule has 0 heterocycles. The van der Waals surface area contributed by atoms with Crippen LogP contribution in [0.5, 0.6) is 0 Å². The quantitative estimate of drug-likeness (QED) is 0.596. The predicted molar refractivity (Wildman–Crippen MR) is 61.5 cm³/mol. The van der Waals surface area contributed by atoms with Crippen LogP contribution < -0.4 is 5.32 Å². The first-order valence-corrected chi connectivity index (χ1v) is 6.19. The molecule has 0 aromatic heterocycles. The van der Waals surface area contributed by atoms with Crippen LogP contribution in [0.3, 0.4) is 0 Å². The normalized spacial score (nSPS) is 12.4. The highest BCUT2D eigenvalue weighted by molar-refractivity contribution is 4.55. The van der Waals surface area contributed by atoms with Gasteiger partial charge in [0.15, 0.2) is 0 Å². The molecule has 1 nitrogen and oxygen atoms in total. The predicted octanol–water partition coefficient (Wildman–Crippen LogP) is 4.13. The largest absolute Gasteiger partial charge is 0.390 e. The zero-order valence-electron chi connectivity index (χ0n) is 10.4. The lowest BCUT2D eigenvalue weighted by molar-refractivity contribution is -0.133. The van der Waals surface area contributed by atoms with Crippen molar-refractivity contribution in [3.05, 3.63) is 0 Å². The molecular weight excluding hydrogens is 215 g/mol. The van der Waals surface area contributed by atoms with Crippen molar-refractivity contribution in [1.29, 1.82) is 0 Å². The number of hydrogen-bond donors (Lipinski definition) is 1. The van der Waals surface area contributed by atoms with Gasteiger partial charge in [0.1, 0.15) is 0 Å². The van der Waals surface area contributed by atoms with Crippen molar-refractivity contribution in [2.24, 2.45) is 5.92 Å². The van der Waals surface area contributed by atoms with Gasteiger partial charge in [0, 0.05) is 6.54 Å². The highest BCUT2D eigenvalue weighted by Gasteiger charge is 2.25. The van der Waals surface area contributed by atoms with E-state index in [-0.39, 0.29) is 6.54 Å². The minimum Gasteiger partial charge on any atom is -0.316 e. The van der Waals surface area contributed by atoms with Gasteiger partial charge in [-0.2, -0.15) is 13.2 Å². The summed E-state index contributed by atoms with van der Waals surface area (Å²) in [6.45, 7) is 5.17. The molecule has 0 rings (SSSR count). The lowest BCUT2D eigenvalue weighted by Crippen LogP contribution is -2.22. The summed E-state index contributed by atoms with van der Waals surface area (Å²) >= 11 is 0. The molecule has 0 saturated carbocycles. The molecule has 0 aliphatic rings. The second-order valence-electron chi connectivity index (χ2n) is 4.71. The fourth-order valence-corrected chi connectivity index (χ4v) is 1.51. The molecule has 0 atom stereocenters. The maximum atomic E-state index is 11.8. The number of rotatable bonds is 9. The standard InChI is InChI=1S/C12H24F3N/c1-11(2)7-5-3-4-6-9-16-10-8-12(13,14)15/h11,16H,3-10H2,1-2H3. The van der Waals surface area contributed by atoms with E-state index >= 15 is 0 Å². The maximum Gasteiger partial charge on any atom is 0.390 e. The fourth-order valence-electron chi connectivity index (χ4n) is 1.51. The lowest BCUT2D eigenvalue weighted by Gasteiger charge is -2.07. The van der Waals surface area contributed by atoms with Crippen LogP contribution in [0.15, 0.2) is 0 Å². The van der Waals surface area contributed by atoms with Gasteiger partial charge in [-0.05, 0) is 18.9 Å². The monoisotopic (exact) mass is 239 g/mol. The molecule has 4 heteroatoms. The van der Waals surface area contributed by atoms with Gasteiger partial charge in [-0.15, -0.1) is 0 Å². The summed E-state index contributed by atoms with van der Waals surface area (Å²) in [6, 6.07) is 0. The molecule has 0 amide bonds. The Balaban J connectivity index is 3.05. The van der Waals surface area contributed by atoms with Crippen LogP contribution >= 0.6 is 0 Å². The van der Waals surface area contributed by atoms with Crippen molar-refractivity contribution >= 4 is 0 Å². The average molecular weight is 239 g/mol. The van der Waals surface area contributed by atoms with Gasteiger partial charge >= 0.3 is 6.18 Å². The molecule has 0 saturated heterocycles. The number of unbranched alkanes of at least 4 members (excludes halogenated alkanes) is 3. The minimum absolute atomic E-state index is 0.0511. The van der Waals surface area contributed by atoms with Crippen molar-refractivity contribution in [1.82, 2.24) is 5.32 Å². The average Bonchev–Trinajstić information content (AvgIpc) is 2.13. The first kappa shape index (κ1) is 15.8. The van der Waals surface area contributed by atoms with Gasteiger partial charge < -0.3 is 5.32 Å². The van der Waals surface area contributed by atoms with E-state index in [1.165, 1.54) is 19.3 Å². The molecule has 0 unspecified atom stereocenters. The Morgan fingerprint density at radius 3 is 2.12 bits per heavy atom. The van der Waals surface area contributed by atoms with E-state index in [1.807, 2.05) is 0 Å². The second-order valence-corrected chi connectivity index (χ2v) is 4.71. The Labute approximate surface area is 96.8 Å². The Kier molecular flexibility index (Phi) is 8.71. The molecule has 0 aromatic rings. The van der Waals surface area contributed by atoms with Crippen molar-refractivity contribution in [3.8, 4) is 0 Å². The second kappa shape index (κ2) is 8.85. The smallest absolute Gasteiger partial charge is 0.316 e. The van der Waals surface area contributed by atoms with Crippen LogP contribution in [0.2, 0.25) is 0 Å². The molecular formula is C12H24F3N. The molecule has 0 spiro atoms. The SMILES string of the molecule is CC(C)CCCCCCNCCC(F)(F)F. The van der Waals surface area contributed by atoms with Gasteiger partial charge in [0.2, 0.25) is 0 Å². The Morgan fingerprint density at radius 1 is 0.938 bits per heavy atom. The zero-order chi connectivity index (χ0) is 12.4. The number of alkyl halides is 3. The topological polar surface area (TPSA) is 12.0 Å². The maximum absolute atomic E-state index is 11.8. The van der Waals surface area contributed by atoms with Crippen molar-refractivity contribution in [3.63, 3.8) is 0 Å². The molecule has 0 aliphatic heterocycles. The van der Waals surface area contributed by atoms with E-state index in [1.54, 1.807) is 0 Å². The fraction of sp³-hybridized carbons (Fsp3) is 1.00. The Hall–Kier alpha value is -0.250. The van der Waals surface area contributed by atoms with Crippen molar-refractivity contribution in [2.45, 2.75) is 58.5 Å². The lowest BCUT2D eigenvalue weighted by atomic mass is 10.0. The van der Waals surface area contributed by atoms with Gasteiger partial charge in [-0.3, -0.25) is 0 Å².